The topological polar surface area (TPSA) is 92.4 Å². The lowest BCUT2D eigenvalue weighted by molar-refractivity contribution is -0.129. The Morgan fingerprint density at radius 3 is 2.93 bits per heavy atom. The molecule has 2 aliphatic rings. The lowest BCUT2D eigenvalue weighted by atomic mass is 9.96. The molecule has 154 valence electrons. The first-order valence-corrected chi connectivity index (χ1v) is 10.4. The first kappa shape index (κ1) is 19.5. The van der Waals surface area contributed by atoms with Gasteiger partial charge in [0.1, 0.15) is 11.6 Å². The molecule has 0 aliphatic carbocycles. The Morgan fingerprint density at radius 1 is 1.28 bits per heavy atom. The zero-order valence-corrected chi connectivity index (χ0v) is 17.1. The van der Waals surface area contributed by atoms with Crippen LogP contribution in [0.15, 0.2) is 16.8 Å². The summed E-state index contributed by atoms with van der Waals surface area (Å²) in [6.07, 6.45) is 6.21. The Morgan fingerprint density at radius 2 is 2.14 bits per heavy atom. The second kappa shape index (κ2) is 8.31. The van der Waals surface area contributed by atoms with E-state index in [-0.39, 0.29) is 17.7 Å². The van der Waals surface area contributed by atoms with Crippen LogP contribution >= 0.6 is 0 Å². The van der Waals surface area contributed by atoms with Crippen LogP contribution in [0.4, 0.5) is 0 Å². The Labute approximate surface area is 170 Å². The summed E-state index contributed by atoms with van der Waals surface area (Å²) in [6, 6.07) is 1.76. The molecule has 2 amide bonds. The van der Waals surface area contributed by atoms with Gasteiger partial charge in [-0.25, -0.2) is 9.97 Å². The number of piperidine rings is 1. The molecule has 8 heteroatoms. The Hall–Kier alpha value is -2.77. The summed E-state index contributed by atoms with van der Waals surface area (Å²) >= 11 is 0. The van der Waals surface area contributed by atoms with E-state index in [1.807, 2.05) is 16.0 Å². The summed E-state index contributed by atoms with van der Waals surface area (Å²) in [5.41, 5.74) is 2.42. The van der Waals surface area contributed by atoms with Crippen LogP contribution in [-0.4, -0.2) is 56.4 Å². The molecule has 1 saturated heterocycles. The number of hydrogen-bond donors (Lipinski definition) is 0. The zero-order valence-electron chi connectivity index (χ0n) is 17.1. The summed E-state index contributed by atoms with van der Waals surface area (Å²) in [5, 5.41) is 3.96. The first-order chi connectivity index (χ1) is 14.0. The van der Waals surface area contributed by atoms with Crippen molar-refractivity contribution in [3.63, 3.8) is 0 Å². The fourth-order valence-electron chi connectivity index (χ4n) is 4.11. The van der Waals surface area contributed by atoms with Crippen molar-refractivity contribution in [3.8, 4) is 0 Å². The van der Waals surface area contributed by atoms with Crippen LogP contribution in [0.5, 0.6) is 0 Å². The predicted octanol–water partition coefficient (Wildman–Crippen LogP) is 2.34. The number of carbonyl (C=O) groups is 2. The highest BCUT2D eigenvalue weighted by Gasteiger charge is 2.30. The van der Waals surface area contributed by atoms with Crippen molar-refractivity contribution >= 4 is 11.8 Å². The van der Waals surface area contributed by atoms with E-state index in [1.165, 1.54) is 0 Å². The highest BCUT2D eigenvalue weighted by molar-refractivity contribution is 5.92. The molecule has 0 radical (unpaired) electrons. The monoisotopic (exact) mass is 397 g/mol. The molecule has 0 saturated carbocycles. The highest BCUT2D eigenvalue weighted by atomic mass is 16.5. The van der Waals surface area contributed by atoms with Gasteiger partial charge in [0.25, 0.3) is 5.91 Å². The molecule has 8 nitrogen and oxygen atoms in total. The third kappa shape index (κ3) is 4.16. The van der Waals surface area contributed by atoms with Crippen molar-refractivity contribution in [3.05, 3.63) is 40.8 Å². The Balaban J connectivity index is 1.46. The van der Waals surface area contributed by atoms with Gasteiger partial charge >= 0.3 is 0 Å². The van der Waals surface area contributed by atoms with Gasteiger partial charge < -0.3 is 14.3 Å². The number of fused-ring (bicyclic) bond motifs is 1. The molecule has 4 rings (SSSR count). The molecule has 0 bridgehead atoms. The van der Waals surface area contributed by atoms with Crippen LogP contribution in [0.1, 0.15) is 72.4 Å². The van der Waals surface area contributed by atoms with Crippen LogP contribution in [0.2, 0.25) is 0 Å². The maximum Gasteiger partial charge on any atom is 0.276 e. The van der Waals surface area contributed by atoms with Gasteiger partial charge in [-0.3, -0.25) is 9.59 Å². The SMILES string of the molecule is CCCc1cc(C(=O)N2CCCC(c3ncc4c(n3)CCN(C(C)=O)C4)C2)no1. The van der Waals surface area contributed by atoms with Crippen LogP contribution in [-0.2, 0) is 24.2 Å². The smallest absolute Gasteiger partial charge is 0.276 e. The molecule has 1 fully saturated rings. The van der Waals surface area contributed by atoms with E-state index in [2.05, 4.69) is 17.1 Å². The number of amides is 2. The van der Waals surface area contributed by atoms with Crippen LogP contribution in [0, 0.1) is 0 Å². The minimum absolute atomic E-state index is 0.0797. The minimum Gasteiger partial charge on any atom is -0.361 e. The number of aryl methyl sites for hydroxylation is 1. The number of aromatic nitrogens is 3. The standard InChI is InChI=1S/C21H27N5O3/c1-3-5-17-10-19(24-29-17)21(28)26-8-4-6-15(12-26)20-22-11-16-13-25(14(2)27)9-7-18(16)23-20/h10-11,15H,3-9,12-13H2,1-2H3. The highest BCUT2D eigenvalue weighted by Crippen LogP contribution is 2.27. The molecule has 2 aromatic rings. The quantitative estimate of drug-likeness (QED) is 0.786. The average molecular weight is 397 g/mol. The molecular weight excluding hydrogens is 370 g/mol. The lowest BCUT2D eigenvalue weighted by Crippen LogP contribution is -2.40. The van der Waals surface area contributed by atoms with Crippen molar-refractivity contribution in [2.24, 2.45) is 0 Å². The summed E-state index contributed by atoms with van der Waals surface area (Å²) in [6.45, 7) is 6.23. The first-order valence-electron chi connectivity index (χ1n) is 10.4. The van der Waals surface area contributed by atoms with Gasteiger partial charge in [-0.05, 0) is 19.3 Å². The summed E-state index contributed by atoms with van der Waals surface area (Å²) in [5.74, 6) is 1.66. The summed E-state index contributed by atoms with van der Waals surface area (Å²) < 4.78 is 5.27. The van der Waals surface area contributed by atoms with E-state index in [1.54, 1.807) is 13.0 Å². The number of carbonyl (C=O) groups excluding carboxylic acids is 2. The third-order valence-electron chi connectivity index (χ3n) is 5.75. The van der Waals surface area contributed by atoms with Gasteiger partial charge in [0, 0.05) is 69.7 Å². The van der Waals surface area contributed by atoms with Crippen LogP contribution < -0.4 is 0 Å². The molecule has 0 spiro atoms. The number of rotatable bonds is 4. The molecule has 0 aromatic carbocycles. The maximum absolute atomic E-state index is 12.9. The van der Waals surface area contributed by atoms with Gasteiger partial charge in [0.2, 0.25) is 5.91 Å². The molecular formula is C21H27N5O3. The largest absolute Gasteiger partial charge is 0.361 e. The summed E-state index contributed by atoms with van der Waals surface area (Å²) in [4.78, 5) is 37.5. The van der Waals surface area contributed by atoms with Crippen molar-refractivity contribution in [2.45, 2.75) is 58.4 Å². The normalized spacial score (nSPS) is 19.2. The van der Waals surface area contributed by atoms with Gasteiger partial charge in [0.15, 0.2) is 5.69 Å². The second-order valence-electron chi connectivity index (χ2n) is 7.91. The van der Waals surface area contributed by atoms with Gasteiger partial charge in [-0.15, -0.1) is 0 Å². The molecule has 1 atom stereocenters. The number of likely N-dealkylation sites (tertiary alicyclic amines) is 1. The van der Waals surface area contributed by atoms with Crippen molar-refractivity contribution in [1.82, 2.24) is 24.9 Å². The van der Waals surface area contributed by atoms with E-state index in [0.717, 1.165) is 54.9 Å². The molecule has 29 heavy (non-hydrogen) atoms. The van der Waals surface area contributed by atoms with Crippen LogP contribution in [0.25, 0.3) is 0 Å². The van der Waals surface area contributed by atoms with E-state index < -0.39 is 0 Å². The third-order valence-corrected chi connectivity index (χ3v) is 5.75. The molecule has 0 N–H and O–H groups in total. The molecule has 4 heterocycles. The van der Waals surface area contributed by atoms with Gasteiger partial charge in [-0.1, -0.05) is 12.1 Å². The average Bonchev–Trinajstić information content (AvgIpc) is 3.21. The lowest BCUT2D eigenvalue weighted by Gasteiger charge is -2.32. The second-order valence-corrected chi connectivity index (χ2v) is 7.91. The molecule has 1 unspecified atom stereocenters. The number of hydrogen-bond acceptors (Lipinski definition) is 6. The maximum atomic E-state index is 12.9. The predicted molar refractivity (Wildman–Crippen MR) is 105 cm³/mol. The van der Waals surface area contributed by atoms with Crippen molar-refractivity contribution < 1.29 is 14.1 Å². The van der Waals surface area contributed by atoms with Gasteiger partial charge in [-0.2, -0.15) is 0 Å². The minimum atomic E-state index is -0.0872. The fraction of sp³-hybridized carbons (Fsp3) is 0.571. The zero-order chi connectivity index (χ0) is 20.4. The van der Waals surface area contributed by atoms with E-state index in [4.69, 9.17) is 9.51 Å². The summed E-state index contributed by atoms with van der Waals surface area (Å²) in [7, 11) is 0. The van der Waals surface area contributed by atoms with Crippen molar-refractivity contribution in [1.29, 1.82) is 0 Å². The van der Waals surface area contributed by atoms with E-state index in [0.29, 0.717) is 31.9 Å². The van der Waals surface area contributed by atoms with E-state index in [9.17, 15) is 9.59 Å². The van der Waals surface area contributed by atoms with Gasteiger partial charge in [0.05, 0.1) is 5.69 Å². The van der Waals surface area contributed by atoms with Crippen LogP contribution in [0.3, 0.4) is 0 Å². The Bertz CT molecular complexity index is 909. The van der Waals surface area contributed by atoms with E-state index >= 15 is 0 Å². The number of nitrogens with zero attached hydrogens (tertiary/aromatic N) is 5. The Kier molecular flexibility index (Phi) is 5.60. The fourth-order valence-corrected chi connectivity index (χ4v) is 4.11. The van der Waals surface area contributed by atoms with Crippen molar-refractivity contribution in [2.75, 3.05) is 19.6 Å². The molecule has 2 aromatic heterocycles. The molecule has 2 aliphatic heterocycles.